The van der Waals surface area contributed by atoms with Crippen molar-refractivity contribution < 1.29 is 4.79 Å². The smallest absolute Gasteiger partial charge is 0.223 e. The van der Waals surface area contributed by atoms with Gasteiger partial charge in [-0.1, -0.05) is 23.7 Å². The summed E-state index contributed by atoms with van der Waals surface area (Å²) in [5.41, 5.74) is 1.30. The zero-order valence-corrected chi connectivity index (χ0v) is 15.5. The average molecular weight is 372 g/mol. The molecule has 0 bridgehead atoms. The average Bonchev–Trinajstić information content (AvgIpc) is 2.59. The van der Waals surface area contributed by atoms with Gasteiger partial charge in [0.1, 0.15) is 0 Å². The van der Waals surface area contributed by atoms with Crippen LogP contribution in [0, 0.1) is 5.92 Å². The molecule has 3 rings (SSSR count). The van der Waals surface area contributed by atoms with E-state index in [9.17, 15) is 4.79 Å². The van der Waals surface area contributed by atoms with E-state index in [0.717, 1.165) is 63.4 Å². The Morgan fingerprint density at radius 3 is 2.38 bits per heavy atom. The van der Waals surface area contributed by atoms with Crippen LogP contribution in [0.1, 0.15) is 31.2 Å². The van der Waals surface area contributed by atoms with Crippen molar-refractivity contribution in [1.29, 1.82) is 0 Å². The van der Waals surface area contributed by atoms with Crippen molar-refractivity contribution in [2.75, 3.05) is 26.2 Å². The van der Waals surface area contributed by atoms with E-state index in [2.05, 4.69) is 27.7 Å². The van der Waals surface area contributed by atoms with Crippen molar-refractivity contribution in [1.82, 2.24) is 15.5 Å². The van der Waals surface area contributed by atoms with Crippen LogP contribution in [0.4, 0.5) is 0 Å². The van der Waals surface area contributed by atoms with Crippen LogP contribution in [0.5, 0.6) is 0 Å². The van der Waals surface area contributed by atoms with Gasteiger partial charge in [-0.25, -0.2) is 0 Å². The Morgan fingerprint density at radius 1 is 1.12 bits per heavy atom. The lowest BCUT2D eigenvalue weighted by Gasteiger charge is -2.33. The third-order valence-electron chi connectivity index (χ3n) is 4.96. The standard InChI is InChI=1S/C18H26ClN3O.ClH/c19-16-3-1-14(2-4-16)13-22-11-7-17(8-12-22)21-18(23)15-5-9-20-10-6-15;/h1-4,15,17,20H,5-13H2,(H,21,23);1H. The second-order valence-corrected chi connectivity index (χ2v) is 7.15. The Hall–Kier alpha value is -0.810. The highest BCUT2D eigenvalue weighted by Gasteiger charge is 2.25. The largest absolute Gasteiger partial charge is 0.353 e. The summed E-state index contributed by atoms with van der Waals surface area (Å²) in [5, 5.41) is 7.37. The molecule has 2 fully saturated rings. The fourth-order valence-corrected chi connectivity index (χ4v) is 3.61. The van der Waals surface area contributed by atoms with Gasteiger partial charge in [-0.15, -0.1) is 12.4 Å². The molecular formula is C18H27Cl2N3O. The predicted molar refractivity (Wildman–Crippen MR) is 101 cm³/mol. The number of likely N-dealkylation sites (tertiary alicyclic amines) is 1. The topological polar surface area (TPSA) is 44.4 Å². The minimum atomic E-state index is 0. The fourth-order valence-electron chi connectivity index (χ4n) is 3.49. The maximum absolute atomic E-state index is 12.3. The van der Waals surface area contributed by atoms with Crippen LogP contribution in [-0.4, -0.2) is 43.0 Å². The maximum atomic E-state index is 12.3. The number of piperidine rings is 2. The van der Waals surface area contributed by atoms with Crippen LogP contribution < -0.4 is 10.6 Å². The fraction of sp³-hybridized carbons (Fsp3) is 0.611. The molecule has 1 aromatic rings. The third kappa shape index (κ3) is 5.62. The summed E-state index contributed by atoms with van der Waals surface area (Å²) in [6.45, 7) is 4.99. The molecular weight excluding hydrogens is 345 g/mol. The third-order valence-corrected chi connectivity index (χ3v) is 5.22. The molecule has 0 radical (unpaired) electrons. The van der Waals surface area contributed by atoms with Crippen LogP contribution in [-0.2, 0) is 11.3 Å². The van der Waals surface area contributed by atoms with E-state index in [1.807, 2.05) is 12.1 Å². The molecule has 2 aliphatic heterocycles. The monoisotopic (exact) mass is 371 g/mol. The van der Waals surface area contributed by atoms with E-state index in [4.69, 9.17) is 11.6 Å². The SMILES string of the molecule is Cl.O=C(NC1CCN(Cc2ccc(Cl)cc2)CC1)C1CCNCC1. The number of amides is 1. The van der Waals surface area contributed by atoms with Gasteiger partial charge in [-0.05, 0) is 56.5 Å². The normalized spacial score (nSPS) is 20.4. The molecule has 2 N–H and O–H groups in total. The van der Waals surface area contributed by atoms with Gasteiger partial charge in [-0.2, -0.15) is 0 Å². The first-order valence-corrected chi connectivity index (χ1v) is 9.06. The summed E-state index contributed by atoms with van der Waals surface area (Å²) < 4.78 is 0. The van der Waals surface area contributed by atoms with Crippen molar-refractivity contribution in [3.8, 4) is 0 Å². The molecule has 0 saturated carbocycles. The van der Waals surface area contributed by atoms with Gasteiger partial charge in [0.25, 0.3) is 0 Å². The molecule has 1 aromatic carbocycles. The molecule has 0 spiro atoms. The zero-order chi connectivity index (χ0) is 16.1. The second-order valence-electron chi connectivity index (χ2n) is 6.71. The quantitative estimate of drug-likeness (QED) is 0.854. The molecule has 24 heavy (non-hydrogen) atoms. The van der Waals surface area contributed by atoms with Crippen LogP contribution in [0.3, 0.4) is 0 Å². The first-order chi connectivity index (χ1) is 11.2. The zero-order valence-electron chi connectivity index (χ0n) is 14.0. The highest BCUT2D eigenvalue weighted by Crippen LogP contribution is 2.17. The van der Waals surface area contributed by atoms with Crippen LogP contribution in [0.2, 0.25) is 5.02 Å². The lowest BCUT2D eigenvalue weighted by atomic mass is 9.96. The number of halogens is 2. The number of carbonyl (C=O) groups excluding carboxylic acids is 1. The number of carbonyl (C=O) groups is 1. The first kappa shape index (κ1) is 19.5. The maximum Gasteiger partial charge on any atom is 0.223 e. The molecule has 1 amide bonds. The van der Waals surface area contributed by atoms with Gasteiger partial charge in [0.05, 0.1) is 0 Å². The molecule has 2 heterocycles. The Balaban J connectivity index is 0.00000208. The molecule has 2 saturated heterocycles. The summed E-state index contributed by atoms with van der Waals surface area (Å²) in [6.07, 6.45) is 4.04. The van der Waals surface area contributed by atoms with Gasteiger partial charge in [0, 0.05) is 36.6 Å². The van der Waals surface area contributed by atoms with E-state index in [1.54, 1.807) is 0 Å². The van der Waals surface area contributed by atoms with Crippen molar-refractivity contribution in [2.24, 2.45) is 5.92 Å². The number of rotatable bonds is 4. The number of hydrogen-bond acceptors (Lipinski definition) is 3. The highest BCUT2D eigenvalue weighted by atomic mass is 35.5. The highest BCUT2D eigenvalue weighted by molar-refractivity contribution is 6.30. The molecule has 134 valence electrons. The molecule has 0 aliphatic carbocycles. The van der Waals surface area contributed by atoms with Gasteiger partial charge >= 0.3 is 0 Å². The van der Waals surface area contributed by atoms with Gasteiger partial charge in [0.15, 0.2) is 0 Å². The van der Waals surface area contributed by atoms with E-state index in [-0.39, 0.29) is 24.2 Å². The van der Waals surface area contributed by atoms with E-state index in [1.165, 1.54) is 5.56 Å². The number of benzene rings is 1. The van der Waals surface area contributed by atoms with Gasteiger partial charge in [-0.3, -0.25) is 9.69 Å². The molecule has 0 aromatic heterocycles. The summed E-state index contributed by atoms with van der Waals surface area (Å²) in [6, 6.07) is 8.42. The van der Waals surface area contributed by atoms with Crippen molar-refractivity contribution in [2.45, 2.75) is 38.3 Å². The summed E-state index contributed by atoms with van der Waals surface area (Å²) in [7, 11) is 0. The molecule has 6 heteroatoms. The molecule has 0 atom stereocenters. The molecule has 2 aliphatic rings. The van der Waals surface area contributed by atoms with Crippen molar-refractivity contribution in [3.05, 3.63) is 34.9 Å². The van der Waals surface area contributed by atoms with Crippen LogP contribution >= 0.6 is 24.0 Å². The van der Waals surface area contributed by atoms with Crippen molar-refractivity contribution >= 4 is 29.9 Å². The Bertz CT molecular complexity index is 510. The summed E-state index contributed by atoms with van der Waals surface area (Å²) in [4.78, 5) is 14.8. The first-order valence-electron chi connectivity index (χ1n) is 8.68. The van der Waals surface area contributed by atoms with Crippen molar-refractivity contribution in [3.63, 3.8) is 0 Å². The van der Waals surface area contributed by atoms with E-state index < -0.39 is 0 Å². The van der Waals surface area contributed by atoms with Gasteiger partial charge in [0.2, 0.25) is 5.91 Å². The molecule has 4 nitrogen and oxygen atoms in total. The second kappa shape index (κ2) is 9.62. The lowest BCUT2D eigenvalue weighted by molar-refractivity contribution is -0.126. The predicted octanol–water partition coefficient (Wildman–Crippen LogP) is 2.84. The lowest BCUT2D eigenvalue weighted by Crippen LogP contribution is -2.47. The summed E-state index contributed by atoms with van der Waals surface area (Å²) >= 11 is 5.93. The Labute approximate surface area is 155 Å². The van der Waals surface area contributed by atoms with E-state index in [0.29, 0.717) is 6.04 Å². The van der Waals surface area contributed by atoms with E-state index >= 15 is 0 Å². The Kier molecular flexibility index (Phi) is 7.82. The number of nitrogens with zero attached hydrogens (tertiary/aromatic N) is 1. The summed E-state index contributed by atoms with van der Waals surface area (Å²) in [5.74, 6) is 0.478. The molecule has 0 unspecified atom stereocenters. The van der Waals surface area contributed by atoms with Crippen LogP contribution in [0.25, 0.3) is 0 Å². The minimum Gasteiger partial charge on any atom is -0.353 e. The number of hydrogen-bond donors (Lipinski definition) is 2. The Morgan fingerprint density at radius 2 is 1.75 bits per heavy atom. The van der Waals surface area contributed by atoms with Crippen LogP contribution in [0.15, 0.2) is 24.3 Å². The number of nitrogens with one attached hydrogen (secondary N) is 2. The minimum absolute atomic E-state index is 0. The van der Waals surface area contributed by atoms with Gasteiger partial charge < -0.3 is 10.6 Å².